The van der Waals surface area contributed by atoms with E-state index in [9.17, 15) is 5.11 Å². The van der Waals surface area contributed by atoms with Crippen molar-refractivity contribution < 1.29 is 5.11 Å². The van der Waals surface area contributed by atoms with Gasteiger partial charge in [0.05, 0.1) is 14.2 Å². The number of benzene rings is 1. The molecule has 1 nitrogen and oxygen atoms in total. The van der Waals surface area contributed by atoms with Crippen LogP contribution in [0.15, 0.2) is 30.3 Å². The molecule has 2 heteroatoms. The second-order valence-corrected chi connectivity index (χ2v) is 10.8. The van der Waals surface area contributed by atoms with E-state index in [0.29, 0.717) is 5.92 Å². The molecule has 94 valence electrons. The molecule has 1 aromatic rings. The van der Waals surface area contributed by atoms with E-state index in [0.717, 1.165) is 6.42 Å². The zero-order valence-electron chi connectivity index (χ0n) is 11.0. The summed E-state index contributed by atoms with van der Waals surface area (Å²) in [6.45, 7) is 4.87. The van der Waals surface area contributed by atoms with Crippen LogP contribution >= 0.6 is 0 Å². The topological polar surface area (TPSA) is 20.2 Å². The summed E-state index contributed by atoms with van der Waals surface area (Å²) in [5.74, 6) is 0.547. The van der Waals surface area contributed by atoms with Gasteiger partial charge in [0.25, 0.3) is 0 Å². The minimum absolute atomic E-state index is 0.0424. The average molecular weight is 248 g/mol. The summed E-state index contributed by atoms with van der Waals surface area (Å²) in [7, 11) is -1.37. The second-order valence-electron chi connectivity index (χ2n) is 6.07. The first-order valence-electron chi connectivity index (χ1n) is 6.83. The van der Waals surface area contributed by atoms with Crippen molar-refractivity contribution in [1.82, 2.24) is 0 Å². The lowest BCUT2D eigenvalue weighted by Gasteiger charge is -2.34. The SMILES string of the molecule is C[Si](C)(C[C@@H]1CCCC[C@H]1O)c1ccccc1. The standard InChI is InChI=1S/C15H24OSi/c1-17(2,14-9-4-3-5-10-14)12-13-8-6-7-11-15(13)16/h3-5,9-10,13,15-16H,6-8,11-12H2,1-2H3/t13-,15+/m0/s1. The fourth-order valence-electron chi connectivity index (χ4n) is 3.09. The Hall–Kier alpha value is -0.603. The molecule has 0 aliphatic heterocycles. The van der Waals surface area contributed by atoms with Crippen molar-refractivity contribution in [3.05, 3.63) is 30.3 Å². The van der Waals surface area contributed by atoms with E-state index in [-0.39, 0.29) is 6.10 Å². The lowest BCUT2D eigenvalue weighted by atomic mass is 9.88. The second kappa shape index (κ2) is 5.36. The van der Waals surface area contributed by atoms with Crippen LogP contribution in [0.4, 0.5) is 0 Å². The first-order valence-corrected chi connectivity index (χ1v) is 10.0. The van der Waals surface area contributed by atoms with Crippen LogP contribution in [0, 0.1) is 5.92 Å². The van der Waals surface area contributed by atoms with Gasteiger partial charge in [0.2, 0.25) is 0 Å². The highest BCUT2D eigenvalue weighted by Crippen LogP contribution is 2.31. The van der Waals surface area contributed by atoms with E-state index in [1.54, 1.807) is 0 Å². The van der Waals surface area contributed by atoms with Crippen molar-refractivity contribution in [1.29, 1.82) is 0 Å². The molecular weight excluding hydrogens is 224 g/mol. The molecule has 0 saturated heterocycles. The molecule has 0 unspecified atom stereocenters. The van der Waals surface area contributed by atoms with Crippen LogP contribution < -0.4 is 5.19 Å². The van der Waals surface area contributed by atoms with E-state index in [4.69, 9.17) is 0 Å². The Morgan fingerprint density at radius 3 is 2.41 bits per heavy atom. The molecule has 1 aliphatic carbocycles. The molecular formula is C15H24OSi. The van der Waals surface area contributed by atoms with Crippen LogP contribution in [0.2, 0.25) is 19.1 Å². The number of rotatable bonds is 3. The van der Waals surface area contributed by atoms with Gasteiger partial charge in [-0.2, -0.15) is 0 Å². The highest BCUT2D eigenvalue weighted by atomic mass is 28.3. The minimum Gasteiger partial charge on any atom is -0.393 e. The van der Waals surface area contributed by atoms with Gasteiger partial charge in [0, 0.05) is 0 Å². The van der Waals surface area contributed by atoms with Crippen LogP contribution in [-0.2, 0) is 0 Å². The summed E-state index contributed by atoms with van der Waals surface area (Å²) in [5.41, 5.74) is 0. The minimum atomic E-state index is -1.37. The van der Waals surface area contributed by atoms with Crippen LogP contribution in [0.1, 0.15) is 25.7 Å². The molecule has 1 N–H and O–H groups in total. The Morgan fingerprint density at radius 1 is 1.12 bits per heavy atom. The Kier molecular flexibility index (Phi) is 4.05. The fraction of sp³-hybridized carbons (Fsp3) is 0.600. The van der Waals surface area contributed by atoms with Gasteiger partial charge < -0.3 is 5.11 Å². The van der Waals surface area contributed by atoms with E-state index < -0.39 is 8.07 Å². The normalized spacial score (nSPS) is 25.8. The molecule has 0 aromatic heterocycles. The van der Waals surface area contributed by atoms with Crippen LogP contribution in [0.5, 0.6) is 0 Å². The maximum atomic E-state index is 10.1. The largest absolute Gasteiger partial charge is 0.393 e. The summed E-state index contributed by atoms with van der Waals surface area (Å²) in [4.78, 5) is 0. The molecule has 1 fully saturated rings. The molecule has 1 aliphatic rings. The Bertz CT molecular complexity index is 347. The van der Waals surface area contributed by atoms with Gasteiger partial charge >= 0.3 is 0 Å². The number of hydrogen-bond donors (Lipinski definition) is 1. The van der Waals surface area contributed by atoms with Gasteiger partial charge in [-0.1, -0.05) is 61.5 Å². The summed E-state index contributed by atoms with van der Waals surface area (Å²) in [5, 5.41) is 11.6. The highest BCUT2D eigenvalue weighted by Gasteiger charge is 2.32. The molecule has 0 amide bonds. The third-order valence-corrected chi connectivity index (χ3v) is 7.64. The van der Waals surface area contributed by atoms with Crippen molar-refractivity contribution in [3.8, 4) is 0 Å². The van der Waals surface area contributed by atoms with E-state index in [1.807, 2.05) is 0 Å². The molecule has 0 radical (unpaired) electrons. The molecule has 17 heavy (non-hydrogen) atoms. The Balaban J connectivity index is 2.06. The molecule has 2 rings (SSSR count). The Labute approximate surface area is 106 Å². The van der Waals surface area contributed by atoms with Crippen molar-refractivity contribution in [3.63, 3.8) is 0 Å². The van der Waals surface area contributed by atoms with Gasteiger partial charge in [-0.05, 0) is 24.8 Å². The van der Waals surface area contributed by atoms with Crippen LogP contribution in [0.3, 0.4) is 0 Å². The monoisotopic (exact) mass is 248 g/mol. The van der Waals surface area contributed by atoms with E-state index in [2.05, 4.69) is 43.4 Å². The first-order chi connectivity index (χ1) is 8.09. The quantitative estimate of drug-likeness (QED) is 0.815. The van der Waals surface area contributed by atoms with Gasteiger partial charge in [0.15, 0.2) is 0 Å². The summed E-state index contributed by atoms with van der Waals surface area (Å²) >= 11 is 0. The zero-order chi connectivity index (χ0) is 12.3. The third-order valence-electron chi connectivity index (χ3n) is 4.20. The molecule has 0 heterocycles. The average Bonchev–Trinajstić information content (AvgIpc) is 2.33. The lowest BCUT2D eigenvalue weighted by molar-refractivity contribution is 0.0787. The van der Waals surface area contributed by atoms with E-state index in [1.165, 1.54) is 30.5 Å². The summed E-state index contributed by atoms with van der Waals surface area (Å²) in [6, 6.07) is 12.1. The third kappa shape index (κ3) is 3.20. The van der Waals surface area contributed by atoms with Gasteiger partial charge in [0.1, 0.15) is 0 Å². The Morgan fingerprint density at radius 2 is 1.76 bits per heavy atom. The first kappa shape index (κ1) is 12.8. The number of aliphatic hydroxyl groups excluding tert-OH is 1. The summed E-state index contributed by atoms with van der Waals surface area (Å²) in [6.07, 6.45) is 4.72. The number of aliphatic hydroxyl groups is 1. The molecule has 0 spiro atoms. The fourth-order valence-corrected chi connectivity index (χ4v) is 6.21. The van der Waals surface area contributed by atoms with Crippen molar-refractivity contribution in [2.45, 2.75) is 50.9 Å². The van der Waals surface area contributed by atoms with Crippen LogP contribution in [0.25, 0.3) is 0 Å². The maximum Gasteiger partial charge on any atom is 0.0810 e. The molecule has 0 bridgehead atoms. The predicted molar refractivity (Wildman–Crippen MR) is 76.3 cm³/mol. The van der Waals surface area contributed by atoms with Gasteiger partial charge in [-0.3, -0.25) is 0 Å². The van der Waals surface area contributed by atoms with Crippen molar-refractivity contribution in [2.75, 3.05) is 0 Å². The number of hydrogen-bond acceptors (Lipinski definition) is 1. The summed E-state index contributed by atoms with van der Waals surface area (Å²) < 4.78 is 0. The van der Waals surface area contributed by atoms with Crippen molar-refractivity contribution in [2.24, 2.45) is 5.92 Å². The smallest absolute Gasteiger partial charge is 0.0810 e. The van der Waals surface area contributed by atoms with Gasteiger partial charge in [-0.25, -0.2) is 0 Å². The zero-order valence-corrected chi connectivity index (χ0v) is 12.0. The molecule has 1 saturated carbocycles. The maximum absolute atomic E-state index is 10.1. The van der Waals surface area contributed by atoms with Crippen molar-refractivity contribution >= 4 is 13.3 Å². The lowest BCUT2D eigenvalue weighted by Crippen LogP contribution is -2.45. The van der Waals surface area contributed by atoms with Gasteiger partial charge in [-0.15, -0.1) is 0 Å². The predicted octanol–water partition coefficient (Wildman–Crippen LogP) is 3.15. The molecule has 1 aromatic carbocycles. The van der Waals surface area contributed by atoms with Crippen LogP contribution in [-0.4, -0.2) is 19.3 Å². The highest BCUT2D eigenvalue weighted by molar-refractivity contribution is 6.89. The van der Waals surface area contributed by atoms with E-state index >= 15 is 0 Å². The molecule has 2 atom stereocenters.